The largest absolute Gasteiger partial charge is 0.251 e. The van der Waals surface area contributed by atoms with Crippen LogP contribution in [0.2, 0.25) is 0 Å². The van der Waals surface area contributed by atoms with E-state index >= 15 is 0 Å². The molecule has 0 aliphatic carbocycles. The van der Waals surface area contributed by atoms with Crippen molar-refractivity contribution in [2.75, 3.05) is 0 Å². The Balaban J connectivity index is 1.47. The summed E-state index contributed by atoms with van der Waals surface area (Å²) >= 11 is 0. The zero-order valence-corrected chi connectivity index (χ0v) is 40.5. The average molecular weight is 853 g/mol. The molecule has 65 heavy (non-hydrogen) atoms. The van der Waals surface area contributed by atoms with Gasteiger partial charge in [0.2, 0.25) is 0 Å². The Morgan fingerprint density at radius 2 is 0.446 bits per heavy atom. The van der Waals surface area contributed by atoms with E-state index in [-0.39, 0.29) is 21.7 Å². The zero-order chi connectivity index (χ0) is 46.4. The second-order valence-corrected chi connectivity index (χ2v) is 21.7. The normalized spacial score (nSPS) is 12.6. The lowest BCUT2D eigenvalue weighted by atomic mass is 9.73. The molecule has 4 aromatic carbocycles. The highest BCUT2D eigenvalue weighted by molar-refractivity contribution is 5.68. The molecule has 4 heteroatoms. The standard InChI is InChI=1S/C61H64N4/c1-57(2,3)45-25-13-21-41(37-45)49-29-17-33-53(62-49)61(54-34-18-30-50(63-54)42-22-14-26-46(38-42)58(4,5)6,55-35-19-31-51(64-55)43-23-15-27-47(39-43)59(7,8)9)56-36-20-32-52(65-56)44-24-16-28-48(40-44)60(10,11)12/h13-40H,1-12H3. The topological polar surface area (TPSA) is 51.6 Å². The van der Waals surface area contributed by atoms with Crippen LogP contribution in [-0.4, -0.2) is 19.9 Å². The fourth-order valence-electron chi connectivity index (χ4n) is 8.58. The summed E-state index contributed by atoms with van der Waals surface area (Å²) < 4.78 is 0. The molecule has 0 saturated carbocycles. The predicted molar refractivity (Wildman–Crippen MR) is 272 cm³/mol. The fourth-order valence-corrected chi connectivity index (χ4v) is 8.58. The van der Waals surface area contributed by atoms with Crippen molar-refractivity contribution in [2.45, 2.75) is 110 Å². The first kappa shape index (κ1) is 45.1. The molecule has 8 rings (SSSR count). The van der Waals surface area contributed by atoms with Gasteiger partial charge in [-0.3, -0.25) is 19.9 Å². The van der Waals surface area contributed by atoms with Gasteiger partial charge in [0.05, 0.1) is 45.6 Å². The van der Waals surface area contributed by atoms with Gasteiger partial charge in [-0.15, -0.1) is 0 Å². The smallest absolute Gasteiger partial charge is 0.138 e. The Morgan fingerprint density at radius 1 is 0.246 bits per heavy atom. The van der Waals surface area contributed by atoms with E-state index < -0.39 is 5.41 Å². The molecule has 4 heterocycles. The third kappa shape index (κ3) is 9.36. The van der Waals surface area contributed by atoms with Gasteiger partial charge in [-0.25, -0.2) is 0 Å². The van der Waals surface area contributed by atoms with Gasteiger partial charge >= 0.3 is 0 Å². The van der Waals surface area contributed by atoms with Gasteiger partial charge in [-0.2, -0.15) is 0 Å². The minimum Gasteiger partial charge on any atom is -0.251 e. The van der Waals surface area contributed by atoms with Gasteiger partial charge in [0, 0.05) is 22.3 Å². The Bertz CT molecular complexity index is 2570. The molecule has 0 amide bonds. The number of benzene rings is 4. The molecule has 0 N–H and O–H groups in total. The molecule has 0 atom stereocenters. The van der Waals surface area contributed by atoms with Gasteiger partial charge < -0.3 is 0 Å². The maximum atomic E-state index is 5.69. The molecule has 0 spiro atoms. The number of hydrogen-bond donors (Lipinski definition) is 0. The Hall–Kier alpha value is -6.52. The minimum absolute atomic E-state index is 0.0324. The number of pyridine rings is 4. The maximum Gasteiger partial charge on any atom is 0.138 e. The van der Waals surface area contributed by atoms with Gasteiger partial charge in [0.15, 0.2) is 0 Å². The Labute approximate surface area is 388 Å². The summed E-state index contributed by atoms with van der Waals surface area (Å²) in [4.78, 5) is 22.8. The second-order valence-electron chi connectivity index (χ2n) is 21.7. The zero-order valence-electron chi connectivity index (χ0n) is 40.5. The molecule has 0 aliphatic heterocycles. The summed E-state index contributed by atoms with van der Waals surface area (Å²) in [5, 5.41) is 0. The van der Waals surface area contributed by atoms with Crippen LogP contribution in [0.25, 0.3) is 45.0 Å². The molecule has 4 nitrogen and oxygen atoms in total. The highest BCUT2D eigenvalue weighted by Gasteiger charge is 2.45. The molecule has 0 bridgehead atoms. The van der Waals surface area contributed by atoms with Gasteiger partial charge in [0.25, 0.3) is 0 Å². The fraction of sp³-hybridized carbons (Fsp3) is 0.279. The first-order valence-electron chi connectivity index (χ1n) is 23.1. The van der Waals surface area contributed by atoms with E-state index in [0.29, 0.717) is 0 Å². The monoisotopic (exact) mass is 853 g/mol. The van der Waals surface area contributed by atoms with Crippen LogP contribution in [0.4, 0.5) is 0 Å². The summed E-state index contributed by atoms with van der Waals surface area (Å²) in [6.45, 7) is 27.0. The number of nitrogens with zero attached hydrogens (tertiary/aromatic N) is 4. The van der Waals surface area contributed by atoms with Crippen LogP contribution < -0.4 is 0 Å². The van der Waals surface area contributed by atoms with E-state index in [2.05, 4.69) is 253 Å². The van der Waals surface area contributed by atoms with Crippen molar-refractivity contribution in [1.82, 2.24) is 19.9 Å². The highest BCUT2D eigenvalue weighted by Crippen LogP contribution is 2.45. The van der Waals surface area contributed by atoms with Gasteiger partial charge in [-0.05, 0) is 117 Å². The summed E-state index contributed by atoms with van der Waals surface area (Å²) in [6.07, 6.45) is 0. The first-order valence-corrected chi connectivity index (χ1v) is 23.1. The summed E-state index contributed by atoms with van der Waals surface area (Å²) in [5.41, 5.74) is 14.5. The van der Waals surface area contributed by atoms with Crippen LogP contribution in [0.1, 0.15) is 128 Å². The van der Waals surface area contributed by atoms with E-state index in [0.717, 1.165) is 67.8 Å². The van der Waals surface area contributed by atoms with Crippen molar-refractivity contribution in [3.05, 3.63) is 215 Å². The van der Waals surface area contributed by atoms with Crippen molar-refractivity contribution in [3.63, 3.8) is 0 Å². The van der Waals surface area contributed by atoms with Crippen LogP contribution >= 0.6 is 0 Å². The maximum absolute atomic E-state index is 5.69. The molecule has 4 aromatic heterocycles. The van der Waals surface area contributed by atoms with Gasteiger partial charge in [0.1, 0.15) is 5.41 Å². The first-order chi connectivity index (χ1) is 30.7. The van der Waals surface area contributed by atoms with Crippen LogP contribution in [0, 0.1) is 0 Å². The lowest BCUT2D eigenvalue weighted by Crippen LogP contribution is -2.35. The summed E-state index contributed by atoms with van der Waals surface area (Å²) in [5.74, 6) is 0. The molecular formula is C61H64N4. The van der Waals surface area contributed by atoms with E-state index in [1.165, 1.54) is 22.3 Å². The number of rotatable bonds is 8. The lowest BCUT2D eigenvalue weighted by molar-refractivity contribution is 0.590. The van der Waals surface area contributed by atoms with Crippen molar-refractivity contribution in [1.29, 1.82) is 0 Å². The van der Waals surface area contributed by atoms with Crippen molar-refractivity contribution in [2.24, 2.45) is 0 Å². The third-order valence-electron chi connectivity index (χ3n) is 12.6. The van der Waals surface area contributed by atoms with E-state index in [1.807, 2.05) is 0 Å². The predicted octanol–water partition coefficient (Wildman–Crippen LogP) is 15.5. The highest BCUT2D eigenvalue weighted by atomic mass is 14.9. The third-order valence-corrected chi connectivity index (χ3v) is 12.6. The van der Waals surface area contributed by atoms with Gasteiger partial charge in [-0.1, -0.05) is 180 Å². The quantitative estimate of drug-likeness (QED) is 0.153. The van der Waals surface area contributed by atoms with Crippen LogP contribution in [0.15, 0.2) is 170 Å². The van der Waals surface area contributed by atoms with E-state index in [1.54, 1.807) is 0 Å². The van der Waals surface area contributed by atoms with Crippen molar-refractivity contribution >= 4 is 0 Å². The Kier molecular flexibility index (Phi) is 11.9. The lowest BCUT2D eigenvalue weighted by Gasteiger charge is -2.33. The Morgan fingerprint density at radius 3 is 0.646 bits per heavy atom. The number of aromatic nitrogens is 4. The minimum atomic E-state index is -1.18. The molecule has 0 aliphatic rings. The molecule has 328 valence electrons. The molecule has 0 radical (unpaired) electrons. The van der Waals surface area contributed by atoms with Crippen molar-refractivity contribution < 1.29 is 0 Å². The van der Waals surface area contributed by atoms with Crippen LogP contribution in [0.3, 0.4) is 0 Å². The van der Waals surface area contributed by atoms with E-state index in [4.69, 9.17) is 19.9 Å². The number of hydrogen-bond acceptors (Lipinski definition) is 4. The molecule has 0 unspecified atom stereocenters. The van der Waals surface area contributed by atoms with E-state index in [9.17, 15) is 0 Å². The molecular weight excluding hydrogens is 789 g/mol. The second kappa shape index (κ2) is 17.1. The molecule has 8 aromatic rings. The average Bonchev–Trinajstić information content (AvgIpc) is 3.29. The molecule has 0 saturated heterocycles. The SMILES string of the molecule is CC(C)(C)c1cccc(-c2cccc(C(c3cccc(-c4cccc(C(C)(C)C)c4)n3)(c3cccc(-c4cccc(C(C)(C)C)c4)n3)c3cccc(-c4cccc(C(C)(C)C)c4)n3)n2)c1. The summed E-state index contributed by atoms with van der Waals surface area (Å²) in [6, 6.07) is 60.6. The van der Waals surface area contributed by atoms with Crippen molar-refractivity contribution in [3.8, 4) is 45.0 Å². The molecule has 0 fully saturated rings. The van der Waals surface area contributed by atoms with Crippen LogP contribution in [0.5, 0.6) is 0 Å². The van der Waals surface area contributed by atoms with Crippen LogP contribution in [-0.2, 0) is 27.1 Å². The summed E-state index contributed by atoms with van der Waals surface area (Å²) in [7, 11) is 0.